The van der Waals surface area contributed by atoms with Crippen molar-refractivity contribution in [1.29, 1.82) is 0 Å². The molecule has 3 saturated heterocycles. The van der Waals surface area contributed by atoms with Crippen LogP contribution in [0.4, 0.5) is 16.2 Å². The van der Waals surface area contributed by atoms with Gasteiger partial charge in [-0.05, 0) is 48.7 Å². The fraction of sp³-hybridized carbons (Fsp3) is 0.500. The van der Waals surface area contributed by atoms with Gasteiger partial charge in [-0.25, -0.2) is 22.7 Å². The van der Waals surface area contributed by atoms with Gasteiger partial charge in [0.1, 0.15) is 25.0 Å². The quantitative estimate of drug-likeness (QED) is 0.0843. The summed E-state index contributed by atoms with van der Waals surface area (Å²) in [5, 5.41) is 21.8. The Morgan fingerprint density at radius 1 is 0.967 bits per heavy atom. The summed E-state index contributed by atoms with van der Waals surface area (Å²) < 4.78 is 38.4. The Labute approximate surface area is 355 Å². The van der Waals surface area contributed by atoms with Gasteiger partial charge in [0.25, 0.3) is 17.3 Å². The van der Waals surface area contributed by atoms with Gasteiger partial charge in [0.05, 0.1) is 61.3 Å². The second kappa shape index (κ2) is 17.8. The van der Waals surface area contributed by atoms with E-state index in [4.69, 9.17) is 15.2 Å². The van der Waals surface area contributed by atoms with Crippen LogP contribution < -0.4 is 10.5 Å². The van der Waals surface area contributed by atoms with Gasteiger partial charge in [0.2, 0.25) is 21.8 Å². The van der Waals surface area contributed by atoms with E-state index in [0.717, 1.165) is 6.26 Å². The number of benzene rings is 2. The molecule has 3 N–H and O–H groups in total. The number of likely N-dealkylation sites (tertiary alicyclic amines) is 1. The van der Waals surface area contributed by atoms with Crippen molar-refractivity contribution >= 4 is 62.9 Å². The van der Waals surface area contributed by atoms with E-state index in [9.17, 15) is 52.6 Å². The number of thioether (sulfide) groups is 1. The van der Waals surface area contributed by atoms with Crippen LogP contribution in [0.3, 0.4) is 0 Å². The minimum Gasteiger partial charge on any atom is -0.456 e. The Morgan fingerprint density at radius 2 is 1.51 bits per heavy atom. The number of carbonyl (C=O) groups is 5. The predicted molar refractivity (Wildman–Crippen MR) is 217 cm³/mol. The van der Waals surface area contributed by atoms with E-state index in [1.165, 1.54) is 70.1 Å². The fourth-order valence-electron chi connectivity index (χ4n) is 8.38. The number of quaternary nitrogens is 1. The molecule has 0 aromatic heterocycles. The smallest absolute Gasteiger partial charge is 0.410 e. The first-order valence-electron chi connectivity index (χ1n) is 19.4. The van der Waals surface area contributed by atoms with Crippen LogP contribution in [0.2, 0.25) is 0 Å². The molecule has 23 heteroatoms. The predicted octanol–water partition coefficient (Wildman–Crippen LogP) is 1.46. The molecule has 4 aliphatic rings. The third-order valence-electron chi connectivity index (χ3n) is 11.5. The first-order chi connectivity index (χ1) is 28.7. The number of nitro groups is 2. The molecule has 4 aliphatic heterocycles. The minimum atomic E-state index is -3.71. The van der Waals surface area contributed by atoms with Crippen molar-refractivity contribution in [1.82, 2.24) is 19.4 Å². The van der Waals surface area contributed by atoms with Crippen molar-refractivity contribution in [3.05, 3.63) is 90.5 Å². The first kappa shape index (κ1) is 44.9. The Balaban J connectivity index is 1.26. The molecule has 61 heavy (non-hydrogen) atoms. The number of sulfonamides is 1. The van der Waals surface area contributed by atoms with Crippen LogP contribution in [0.1, 0.15) is 31.4 Å². The van der Waals surface area contributed by atoms with E-state index in [1.54, 1.807) is 18.7 Å². The number of primary amides is 1. The summed E-state index contributed by atoms with van der Waals surface area (Å²) in [6.07, 6.45) is 0.281. The summed E-state index contributed by atoms with van der Waals surface area (Å²) in [7, 11) is -1.84. The summed E-state index contributed by atoms with van der Waals surface area (Å²) >= 11 is 1.21. The van der Waals surface area contributed by atoms with Crippen LogP contribution in [0.5, 0.6) is 0 Å². The lowest BCUT2D eigenvalue weighted by molar-refractivity contribution is -0.905. The molecule has 0 radical (unpaired) electrons. The van der Waals surface area contributed by atoms with Gasteiger partial charge in [-0.15, -0.1) is 11.8 Å². The van der Waals surface area contributed by atoms with Gasteiger partial charge in [-0.1, -0.05) is 6.92 Å². The number of ether oxygens (including phenoxy) is 2. The maximum atomic E-state index is 14.3. The molecule has 0 spiro atoms. The Bertz CT molecular complexity index is 2250. The van der Waals surface area contributed by atoms with Gasteiger partial charge >= 0.3 is 12.1 Å². The number of non-ortho nitro benzene ring substituents is 2. The average molecular weight is 888 g/mol. The number of amides is 4. The lowest BCUT2D eigenvalue weighted by Gasteiger charge is -2.47. The number of hydrogen-bond donors (Lipinski definition) is 2. The molecular weight excluding hydrogens is 841 g/mol. The SMILES string of the molecule is C[C@@H](NS(C)(=O)=O)[C@H]1C(=O)N2C(C(=O)OCc3ccc([N+](=O)[O-])cc3)=C(S[C@H]3C[C@@H](C(=O)N4CC[N+](C)(CC(N)=O)CC4)N(C(=O)OCc4ccc([N+](=O)[O-])cc4)C3)[C@H](C)[C@H]12. The normalized spacial score (nSPS) is 23.8. The van der Waals surface area contributed by atoms with Gasteiger partial charge in [-0.3, -0.25) is 39.5 Å². The maximum absolute atomic E-state index is 14.3. The Morgan fingerprint density at radius 3 is 2.02 bits per heavy atom. The molecule has 6 rings (SSSR count). The molecule has 21 nitrogen and oxygen atoms in total. The number of nitrogens with one attached hydrogen (secondary N) is 1. The number of esters is 1. The van der Waals surface area contributed by atoms with Crippen molar-refractivity contribution in [2.75, 3.05) is 52.6 Å². The topological polar surface area (TPSA) is 272 Å². The molecule has 0 aliphatic carbocycles. The second-order valence-corrected chi connectivity index (χ2v) is 19.2. The van der Waals surface area contributed by atoms with Gasteiger partial charge in [-0.2, -0.15) is 0 Å². The summed E-state index contributed by atoms with van der Waals surface area (Å²) in [6, 6.07) is 8.39. The van der Waals surface area contributed by atoms with E-state index in [2.05, 4.69) is 4.72 Å². The molecule has 328 valence electrons. The van der Waals surface area contributed by atoms with Gasteiger partial charge < -0.3 is 29.5 Å². The molecule has 6 atom stereocenters. The van der Waals surface area contributed by atoms with Crippen molar-refractivity contribution in [3.8, 4) is 0 Å². The van der Waals surface area contributed by atoms with Gasteiger partial charge in [0, 0.05) is 52.9 Å². The highest BCUT2D eigenvalue weighted by Gasteiger charge is 2.61. The molecule has 2 aromatic carbocycles. The summed E-state index contributed by atoms with van der Waals surface area (Å²) in [5.41, 5.74) is 6.04. The zero-order valence-electron chi connectivity index (χ0n) is 33.8. The number of piperazine rings is 1. The lowest BCUT2D eigenvalue weighted by Crippen LogP contribution is -2.66. The van der Waals surface area contributed by atoms with Crippen molar-refractivity contribution in [2.45, 2.75) is 56.9 Å². The highest BCUT2D eigenvalue weighted by Crippen LogP contribution is 2.52. The number of nitrogens with two attached hydrogens (primary N) is 1. The molecular formula is C38H47N8O13S2+. The number of likely N-dealkylation sites (N-methyl/N-ethyl adjacent to an activating group) is 1. The van der Waals surface area contributed by atoms with Crippen LogP contribution in [0, 0.1) is 32.1 Å². The molecule has 4 amide bonds. The van der Waals surface area contributed by atoms with Crippen molar-refractivity contribution in [3.63, 3.8) is 0 Å². The largest absolute Gasteiger partial charge is 0.456 e. The summed E-state index contributed by atoms with van der Waals surface area (Å²) in [6.45, 7) is 4.38. The monoisotopic (exact) mass is 887 g/mol. The van der Waals surface area contributed by atoms with Crippen molar-refractivity contribution in [2.24, 2.45) is 17.6 Å². The summed E-state index contributed by atoms with van der Waals surface area (Å²) in [4.78, 5) is 93.5. The fourth-order valence-corrected chi connectivity index (χ4v) is 10.7. The van der Waals surface area contributed by atoms with E-state index in [-0.39, 0.29) is 68.8 Å². The molecule has 0 saturated carbocycles. The Hall–Kier alpha value is -5.65. The molecule has 4 heterocycles. The van der Waals surface area contributed by atoms with E-state index in [0.29, 0.717) is 33.6 Å². The standard InChI is InChI=1S/C38H46N8O13S2/c1-22-32-31(23(2)40-61(4,56)57)36(49)43(32)33(37(50)58-20-24-5-9-26(10-6-24)44(52)53)34(22)60-28-17-29(35(48)41-13-15-46(3,16-14-41)19-30(39)47)42(18-28)38(51)59-21-25-7-11-27(12-8-25)45(54)55/h5-12,22-23,28-29,31-32,40H,13-21H2,1-4H3,(H-,39,47)/p+1/t22-,23-,28+,29+,31-,32-/m1/s1. The van der Waals surface area contributed by atoms with E-state index >= 15 is 0 Å². The van der Waals surface area contributed by atoms with Crippen LogP contribution >= 0.6 is 11.8 Å². The lowest BCUT2D eigenvalue weighted by atomic mass is 9.78. The van der Waals surface area contributed by atoms with Crippen LogP contribution in [-0.2, 0) is 51.9 Å². The molecule has 0 unspecified atom stereocenters. The highest BCUT2D eigenvalue weighted by molar-refractivity contribution is 8.03. The number of fused-ring (bicyclic) bond motifs is 1. The first-order valence-corrected chi connectivity index (χ1v) is 22.1. The number of β-lactam (4-membered cyclic amide) rings is 1. The molecule has 2 aromatic rings. The number of hydrogen-bond acceptors (Lipinski definition) is 14. The van der Waals surface area contributed by atoms with E-state index < -0.39 is 79.0 Å². The molecule has 3 fully saturated rings. The van der Waals surface area contributed by atoms with Crippen LogP contribution in [0.15, 0.2) is 59.1 Å². The number of nitro benzene ring substituents is 2. The third-order valence-corrected chi connectivity index (χ3v) is 13.8. The Kier molecular flexibility index (Phi) is 13.1. The number of rotatable bonds is 15. The average Bonchev–Trinajstić information content (AvgIpc) is 3.72. The third kappa shape index (κ3) is 9.95. The zero-order valence-corrected chi connectivity index (χ0v) is 35.5. The minimum absolute atomic E-state index is 0.0150. The second-order valence-electron chi connectivity index (χ2n) is 16.0. The number of nitrogens with zero attached hydrogens (tertiary/aromatic N) is 6. The van der Waals surface area contributed by atoms with Crippen molar-refractivity contribution < 1.29 is 56.2 Å². The number of carbonyl (C=O) groups excluding carboxylic acids is 5. The molecule has 0 bridgehead atoms. The highest BCUT2D eigenvalue weighted by atomic mass is 32.2. The maximum Gasteiger partial charge on any atom is 0.410 e. The zero-order chi connectivity index (χ0) is 44.6. The summed E-state index contributed by atoms with van der Waals surface area (Å²) in [5.74, 6) is -3.52. The van der Waals surface area contributed by atoms with E-state index in [1.807, 2.05) is 7.05 Å². The van der Waals surface area contributed by atoms with Crippen LogP contribution in [-0.4, -0.2) is 143 Å². The van der Waals surface area contributed by atoms with Crippen LogP contribution in [0.25, 0.3) is 0 Å². The van der Waals surface area contributed by atoms with Gasteiger partial charge in [0.15, 0.2) is 6.54 Å².